The summed E-state index contributed by atoms with van der Waals surface area (Å²) in [4.78, 5) is 17.2. The summed E-state index contributed by atoms with van der Waals surface area (Å²) in [5, 5.41) is 11.6. The molecule has 1 fully saturated rings. The van der Waals surface area contributed by atoms with Crippen LogP contribution in [0.5, 0.6) is 0 Å². The second-order valence-electron chi connectivity index (χ2n) is 7.81. The highest BCUT2D eigenvalue weighted by atomic mass is 19.1. The largest absolute Gasteiger partial charge is 0.334 e. The first-order chi connectivity index (χ1) is 13.4. The number of halogens is 1. The molecule has 1 saturated heterocycles. The number of hydrogen-bond acceptors (Lipinski definition) is 5. The second-order valence-corrected chi connectivity index (χ2v) is 7.81. The first-order valence-corrected chi connectivity index (χ1v) is 9.93. The molecule has 0 N–H and O–H groups in total. The van der Waals surface area contributed by atoms with Crippen molar-refractivity contribution in [1.29, 1.82) is 0 Å². The predicted octanol–water partition coefficient (Wildman–Crippen LogP) is 2.27. The minimum absolute atomic E-state index is 0.134. The number of carbonyl (C=O) groups is 1. The maximum absolute atomic E-state index is 13.2. The third-order valence-corrected chi connectivity index (χ3v) is 5.40. The maximum Gasteiger partial charge on any atom is 0.224 e. The zero-order valence-electron chi connectivity index (χ0n) is 16.9. The molecule has 2 heterocycles. The molecule has 0 radical (unpaired) electrons. The van der Waals surface area contributed by atoms with Crippen LogP contribution >= 0.6 is 0 Å². The van der Waals surface area contributed by atoms with E-state index in [1.807, 2.05) is 16.5 Å². The molecule has 0 saturated carbocycles. The van der Waals surface area contributed by atoms with Crippen LogP contribution in [-0.4, -0.2) is 61.6 Å². The van der Waals surface area contributed by atoms with E-state index in [0.717, 1.165) is 44.0 Å². The van der Waals surface area contributed by atoms with Crippen molar-refractivity contribution in [1.82, 2.24) is 30.0 Å². The van der Waals surface area contributed by atoms with Crippen LogP contribution in [0.3, 0.4) is 0 Å². The van der Waals surface area contributed by atoms with Gasteiger partial charge in [0.25, 0.3) is 0 Å². The highest BCUT2D eigenvalue weighted by molar-refractivity contribution is 5.77. The molecule has 1 amide bonds. The molecular weight excluding hydrogens is 359 g/mol. The molecule has 1 aliphatic heterocycles. The summed E-state index contributed by atoms with van der Waals surface area (Å²) in [6.07, 6.45) is 1.44. The molecule has 1 unspecified atom stereocenters. The number of rotatable bonds is 7. The quantitative estimate of drug-likeness (QED) is 0.728. The topological polar surface area (TPSA) is 67.2 Å². The van der Waals surface area contributed by atoms with Crippen molar-refractivity contribution in [2.24, 2.45) is 5.92 Å². The van der Waals surface area contributed by atoms with E-state index >= 15 is 0 Å². The minimum atomic E-state index is -0.254. The second kappa shape index (κ2) is 9.23. The van der Waals surface area contributed by atoms with E-state index in [1.165, 1.54) is 12.1 Å². The number of amides is 1. The van der Waals surface area contributed by atoms with Crippen LogP contribution in [-0.2, 0) is 17.9 Å². The average Bonchev–Trinajstić information content (AvgIpc) is 3.00. The summed E-state index contributed by atoms with van der Waals surface area (Å²) in [5.41, 5.74) is 0.961. The monoisotopic (exact) mass is 388 g/mol. The van der Waals surface area contributed by atoms with E-state index in [2.05, 4.69) is 34.3 Å². The van der Waals surface area contributed by atoms with E-state index in [1.54, 1.807) is 12.1 Å². The Kier molecular flexibility index (Phi) is 6.72. The van der Waals surface area contributed by atoms with E-state index in [4.69, 9.17) is 0 Å². The summed E-state index contributed by atoms with van der Waals surface area (Å²) in [7, 11) is 0. The molecule has 7 nitrogen and oxygen atoms in total. The SMILES string of the molecule is Cc1nnnn1CCCN1CCC(=O)N(Cc2ccc(F)cc2)C(C(C)C)C1. The third-order valence-electron chi connectivity index (χ3n) is 5.40. The van der Waals surface area contributed by atoms with Gasteiger partial charge in [-0.2, -0.15) is 0 Å². The van der Waals surface area contributed by atoms with Crippen LogP contribution in [0.1, 0.15) is 38.1 Å². The van der Waals surface area contributed by atoms with Gasteiger partial charge in [-0.25, -0.2) is 9.07 Å². The Labute approximate surface area is 165 Å². The lowest BCUT2D eigenvalue weighted by atomic mass is 10.0. The zero-order chi connectivity index (χ0) is 20.1. The lowest BCUT2D eigenvalue weighted by Gasteiger charge is -2.35. The lowest BCUT2D eigenvalue weighted by Crippen LogP contribution is -2.46. The number of benzene rings is 1. The Morgan fingerprint density at radius 2 is 1.96 bits per heavy atom. The maximum atomic E-state index is 13.2. The molecule has 1 atom stereocenters. The predicted molar refractivity (Wildman–Crippen MR) is 104 cm³/mol. The van der Waals surface area contributed by atoms with Crippen LogP contribution < -0.4 is 0 Å². The third kappa shape index (κ3) is 5.13. The van der Waals surface area contributed by atoms with Crippen molar-refractivity contribution in [3.8, 4) is 0 Å². The normalized spacial score (nSPS) is 18.7. The Morgan fingerprint density at radius 1 is 1.21 bits per heavy atom. The lowest BCUT2D eigenvalue weighted by molar-refractivity contribution is -0.134. The van der Waals surface area contributed by atoms with E-state index in [0.29, 0.717) is 18.9 Å². The highest BCUT2D eigenvalue weighted by Crippen LogP contribution is 2.21. The van der Waals surface area contributed by atoms with Gasteiger partial charge < -0.3 is 9.80 Å². The number of hydrogen-bond donors (Lipinski definition) is 0. The Bertz CT molecular complexity index is 775. The number of tetrazole rings is 1. The van der Waals surface area contributed by atoms with Gasteiger partial charge in [-0.05, 0) is 53.9 Å². The van der Waals surface area contributed by atoms with Gasteiger partial charge in [0.2, 0.25) is 5.91 Å². The summed E-state index contributed by atoms with van der Waals surface area (Å²) in [6.45, 7) is 10.0. The van der Waals surface area contributed by atoms with Gasteiger partial charge in [-0.1, -0.05) is 26.0 Å². The van der Waals surface area contributed by atoms with Crippen molar-refractivity contribution < 1.29 is 9.18 Å². The van der Waals surface area contributed by atoms with Gasteiger partial charge in [0, 0.05) is 38.6 Å². The number of aromatic nitrogens is 4. The van der Waals surface area contributed by atoms with Gasteiger partial charge in [0.1, 0.15) is 11.6 Å². The molecule has 2 aromatic rings. The molecule has 1 aromatic heterocycles. The van der Waals surface area contributed by atoms with Crippen LogP contribution in [0.2, 0.25) is 0 Å². The molecule has 8 heteroatoms. The van der Waals surface area contributed by atoms with Gasteiger partial charge in [0.05, 0.1) is 0 Å². The van der Waals surface area contributed by atoms with Crippen LogP contribution in [0, 0.1) is 18.7 Å². The highest BCUT2D eigenvalue weighted by Gasteiger charge is 2.31. The molecule has 28 heavy (non-hydrogen) atoms. The van der Waals surface area contributed by atoms with Crippen molar-refractivity contribution >= 4 is 5.91 Å². The number of aryl methyl sites for hydroxylation is 2. The van der Waals surface area contributed by atoms with Crippen molar-refractivity contribution in [3.05, 3.63) is 41.5 Å². The fourth-order valence-corrected chi connectivity index (χ4v) is 3.70. The van der Waals surface area contributed by atoms with Crippen LogP contribution in [0.4, 0.5) is 4.39 Å². The fraction of sp³-hybridized carbons (Fsp3) is 0.600. The van der Waals surface area contributed by atoms with E-state index in [9.17, 15) is 9.18 Å². The summed E-state index contributed by atoms with van der Waals surface area (Å²) < 4.78 is 15.0. The van der Waals surface area contributed by atoms with Gasteiger partial charge in [-0.3, -0.25) is 4.79 Å². The van der Waals surface area contributed by atoms with Crippen molar-refractivity contribution in [3.63, 3.8) is 0 Å². The smallest absolute Gasteiger partial charge is 0.224 e. The Balaban J connectivity index is 1.63. The molecule has 152 valence electrons. The number of nitrogens with zero attached hydrogens (tertiary/aromatic N) is 6. The summed E-state index contributed by atoms with van der Waals surface area (Å²) >= 11 is 0. The van der Waals surface area contributed by atoms with Crippen molar-refractivity contribution in [2.75, 3.05) is 19.6 Å². The fourth-order valence-electron chi connectivity index (χ4n) is 3.70. The Morgan fingerprint density at radius 3 is 2.61 bits per heavy atom. The van der Waals surface area contributed by atoms with E-state index < -0.39 is 0 Å². The first kappa shape index (κ1) is 20.4. The van der Waals surface area contributed by atoms with Gasteiger partial charge in [-0.15, -0.1) is 5.10 Å². The van der Waals surface area contributed by atoms with E-state index in [-0.39, 0.29) is 17.8 Å². The van der Waals surface area contributed by atoms with Crippen LogP contribution in [0.15, 0.2) is 24.3 Å². The first-order valence-electron chi connectivity index (χ1n) is 9.93. The van der Waals surface area contributed by atoms with Crippen LogP contribution in [0.25, 0.3) is 0 Å². The van der Waals surface area contributed by atoms with Gasteiger partial charge >= 0.3 is 0 Å². The van der Waals surface area contributed by atoms with Crippen molar-refractivity contribution in [2.45, 2.75) is 52.7 Å². The summed E-state index contributed by atoms with van der Waals surface area (Å²) in [5.74, 6) is 1.07. The standard InChI is InChI=1S/C20H29FN6O/c1-15(2)19-14-25(10-4-11-27-16(3)22-23-24-27)12-9-20(28)26(19)13-17-5-7-18(21)8-6-17/h5-8,15,19H,4,9-14H2,1-3H3. The minimum Gasteiger partial charge on any atom is -0.334 e. The molecule has 1 aliphatic rings. The zero-order valence-corrected chi connectivity index (χ0v) is 16.9. The molecule has 0 spiro atoms. The molecule has 0 bridgehead atoms. The Hall–Kier alpha value is -2.35. The molecule has 0 aliphatic carbocycles. The molecular formula is C20H29FN6O. The summed E-state index contributed by atoms with van der Waals surface area (Å²) in [6, 6.07) is 6.56. The van der Waals surface area contributed by atoms with Gasteiger partial charge in [0.15, 0.2) is 0 Å². The number of carbonyl (C=O) groups excluding carboxylic acids is 1. The molecule has 3 rings (SSSR count). The average molecular weight is 388 g/mol. The molecule has 1 aromatic carbocycles.